The molecule has 0 fully saturated rings. The molecule has 0 amide bonds. The Morgan fingerprint density at radius 2 is 0.842 bits per heavy atom. The van der Waals surface area contributed by atoms with Gasteiger partial charge in [-0.3, -0.25) is 0 Å². The molecular formula is C54H36N2O. The van der Waals surface area contributed by atoms with Crippen LogP contribution in [-0.4, -0.2) is 4.57 Å². The molecule has 0 saturated heterocycles. The van der Waals surface area contributed by atoms with Crippen LogP contribution in [0.4, 0.5) is 17.1 Å². The summed E-state index contributed by atoms with van der Waals surface area (Å²) >= 11 is 0. The molecule has 11 aromatic rings. The van der Waals surface area contributed by atoms with Gasteiger partial charge in [0, 0.05) is 49.9 Å². The minimum atomic E-state index is 0.880. The van der Waals surface area contributed by atoms with Gasteiger partial charge in [0.25, 0.3) is 0 Å². The molecule has 0 spiro atoms. The molecule has 0 aliphatic rings. The maximum absolute atomic E-state index is 6.71. The van der Waals surface area contributed by atoms with E-state index in [1.807, 2.05) is 6.07 Å². The quantitative estimate of drug-likeness (QED) is 0.163. The van der Waals surface area contributed by atoms with Crippen molar-refractivity contribution in [3.63, 3.8) is 0 Å². The maximum Gasteiger partial charge on any atom is 0.143 e. The largest absolute Gasteiger partial charge is 0.455 e. The Morgan fingerprint density at radius 3 is 1.54 bits per heavy atom. The van der Waals surface area contributed by atoms with E-state index in [9.17, 15) is 0 Å². The number of fused-ring (bicyclic) bond motifs is 6. The Hall–Kier alpha value is -7.62. The third-order valence-electron chi connectivity index (χ3n) is 11.2. The van der Waals surface area contributed by atoms with E-state index in [4.69, 9.17) is 4.42 Å². The van der Waals surface area contributed by atoms with Crippen molar-refractivity contribution in [3.8, 4) is 39.1 Å². The second-order valence-corrected chi connectivity index (χ2v) is 14.5. The minimum Gasteiger partial charge on any atom is -0.455 e. The third-order valence-corrected chi connectivity index (χ3v) is 11.2. The fourth-order valence-corrected chi connectivity index (χ4v) is 8.46. The summed E-state index contributed by atoms with van der Waals surface area (Å²) in [5.74, 6) is 0. The lowest BCUT2D eigenvalue weighted by Gasteiger charge is -2.26. The highest BCUT2D eigenvalue weighted by atomic mass is 16.3. The van der Waals surface area contributed by atoms with Crippen LogP contribution in [0.1, 0.15) is 0 Å². The first-order valence-electron chi connectivity index (χ1n) is 19.4. The Bertz CT molecular complexity index is 3200. The molecule has 57 heavy (non-hydrogen) atoms. The molecule has 2 heterocycles. The van der Waals surface area contributed by atoms with Gasteiger partial charge in [-0.15, -0.1) is 0 Å². The van der Waals surface area contributed by atoms with Crippen LogP contribution in [0.5, 0.6) is 0 Å². The number of hydrogen-bond donors (Lipinski definition) is 0. The second kappa shape index (κ2) is 13.6. The summed E-state index contributed by atoms with van der Waals surface area (Å²) in [7, 11) is 0. The van der Waals surface area contributed by atoms with E-state index >= 15 is 0 Å². The van der Waals surface area contributed by atoms with Crippen molar-refractivity contribution in [3.05, 3.63) is 218 Å². The van der Waals surface area contributed by atoms with Crippen LogP contribution in [0.3, 0.4) is 0 Å². The lowest BCUT2D eigenvalue weighted by Crippen LogP contribution is -2.09. The molecule has 0 N–H and O–H groups in total. The number of anilines is 3. The standard InChI is InChI=1S/C54H36N2O/c1-4-14-37(15-5-1)39-24-29-43(30-25-39)55(42-18-8-3-9-19-42)44-31-26-40(27-32-44)49-35-45(36-50-48-21-11-13-23-53(48)57-54(49)50)56-51-22-12-10-20-46(51)47-33-28-41(34-52(47)56)38-16-6-2-7-17-38/h1-36H. The molecule has 0 aliphatic carbocycles. The molecule has 0 unspecified atom stereocenters. The molecule has 9 aromatic carbocycles. The maximum atomic E-state index is 6.71. The van der Waals surface area contributed by atoms with Crippen molar-refractivity contribution in [2.75, 3.05) is 4.90 Å². The first-order chi connectivity index (χ1) is 28.3. The molecule has 0 radical (unpaired) electrons. The number of furan rings is 1. The Morgan fingerprint density at radius 1 is 0.333 bits per heavy atom. The van der Waals surface area contributed by atoms with Crippen molar-refractivity contribution < 1.29 is 4.42 Å². The molecule has 0 bridgehead atoms. The van der Waals surface area contributed by atoms with Gasteiger partial charge in [0.05, 0.1) is 11.0 Å². The van der Waals surface area contributed by atoms with E-state index in [2.05, 4.69) is 222 Å². The molecule has 3 nitrogen and oxygen atoms in total. The number of para-hydroxylation sites is 3. The highest BCUT2D eigenvalue weighted by Gasteiger charge is 2.20. The smallest absolute Gasteiger partial charge is 0.143 e. The van der Waals surface area contributed by atoms with Gasteiger partial charge in [-0.05, 0) is 94.5 Å². The van der Waals surface area contributed by atoms with E-state index in [1.165, 1.54) is 44.1 Å². The molecule has 0 aliphatic heterocycles. The normalized spacial score (nSPS) is 11.5. The highest BCUT2D eigenvalue weighted by molar-refractivity contribution is 6.13. The predicted octanol–water partition coefficient (Wildman–Crippen LogP) is 15.2. The van der Waals surface area contributed by atoms with Crippen molar-refractivity contribution in [2.24, 2.45) is 0 Å². The molecule has 0 saturated carbocycles. The van der Waals surface area contributed by atoms with Gasteiger partial charge in [0.1, 0.15) is 11.2 Å². The number of hydrogen-bond acceptors (Lipinski definition) is 2. The van der Waals surface area contributed by atoms with E-state index in [0.717, 1.165) is 55.8 Å². The zero-order chi connectivity index (χ0) is 37.7. The molecule has 268 valence electrons. The second-order valence-electron chi connectivity index (χ2n) is 14.5. The zero-order valence-corrected chi connectivity index (χ0v) is 31.1. The highest BCUT2D eigenvalue weighted by Crippen LogP contribution is 2.43. The molecule has 3 heteroatoms. The molecule has 11 rings (SSSR count). The Balaban J connectivity index is 1.08. The fraction of sp³-hybridized carbons (Fsp3) is 0. The van der Waals surface area contributed by atoms with Crippen molar-refractivity contribution in [1.29, 1.82) is 0 Å². The van der Waals surface area contributed by atoms with Crippen LogP contribution < -0.4 is 4.90 Å². The summed E-state index contributed by atoms with van der Waals surface area (Å²) in [6, 6.07) is 78.0. The van der Waals surface area contributed by atoms with E-state index < -0.39 is 0 Å². The van der Waals surface area contributed by atoms with Crippen LogP contribution in [0, 0.1) is 0 Å². The Kier molecular flexibility index (Phi) is 7.82. The number of rotatable bonds is 7. The average Bonchev–Trinajstić information content (AvgIpc) is 3.83. The number of benzene rings is 9. The third kappa shape index (κ3) is 5.68. The summed E-state index contributed by atoms with van der Waals surface area (Å²) in [5, 5.41) is 4.66. The summed E-state index contributed by atoms with van der Waals surface area (Å²) in [5.41, 5.74) is 15.4. The van der Waals surface area contributed by atoms with Gasteiger partial charge in [-0.25, -0.2) is 0 Å². The summed E-state index contributed by atoms with van der Waals surface area (Å²) in [4.78, 5) is 2.31. The van der Waals surface area contributed by atoms with E-state index in [-0.39, 0.29) is 0 Å². The summed E-state index contributed by atoms with van der Waals surface area (Å²) < 4.78 is 9.13. The van der Waals surface area contributed by atoms with E-state index in [1.54, 1.807) is 0 Å². The summed E-state index contributed by atoms with van der Waals surface area (Å²) in [6.45, 7) is 0. The van der Waals surface area contributed by atoms with Crippen LogP contribution >= 0.6 is 0 Å². The van der Waals surface area contributed by atoms with Crippen LogP contribution in [-0.2, 0) is 0 Å². The minimum absolute atomic E-state index is 0.880. The molecular weight excluding hydrogens is 693 g/mol. The van der Waals surface area contributed by atoms with Crippen LogP contribution in [0.15, 0.2) is 223 Å². The lowest BCUT2D eigenvalue weighted by molar-refractivity contribution is 0.670. The first-order valence-corrected chi connectivity index (χ1v) is 19.4. The lowest BCUT2D eigenvalue weighted by atomic mass is 10.00. The predicted molar refractivity (Wildman–Crippen MR) is 239 cm³/mol. The van der Waals surface area contributed by atoms with Gasteiger partial charge in [0.2, 0.25) is 0 Å². The van der Waals surface area contributed by atoms with Crippen LogP contribution in [0.2, 0.25) is 0 Å². The topological polar surface area (TPSA) is 21.3 Å². The van der Waals surface area contributed by atoms with Gasteiger partial charge >= 0.3 is 0 Å². The Labute approximate surface area is 330 Å². The van der Waals surface area contributed by atoms with E-state index in [0.29, 0.717) is 0 Å². The number of aromatic nitrogens is 1. The van der Waals surface area contributed by atoms with Crippen molar-refractivity contribution >= 4 is 60.8 Å². The molecule has 2 aromatic heterocycles. The van der Waals surface area contributed by atoms with Gasteiger partial charge in [-0.1, -0.05) is 152 Å². The van der Waals surface area contributed by atoms with Crippen molar-refractivity contribution in [1.82, 2.24) is 4.57 Å². The average molecular weight is 729 g/mol. The van der Waals surface area contributed by atoms with Crippen molar-refractivity contribution in [2.45, 2.75) is 0 Å². The van der Waals surface area contributed by atoms with Gasteiger partial charge in [-0.2, -0.15) is 0 Å². The van der Waals surface area contributed by atoms with Crippen LogP contribution in [0.25, 0.3) is 82.8 Å². The zero-order valence-electron chi connectivity index (χ0n) is 31.1. The van der Waals surface area contributed by atoms with Gasteiger partial charge < -0.3 is 13.9 Å². The SMILES string of the molecule is c1ccc(-c2ccc(N(c3ccccc3)c3ccc(-c4cc(-n5c6ccccc6c6ccc(-c7ccccc7)cc65)cc5c4oc4ccccc45)cc3)cc2)cc1. The fourth-order valence-electron chi connectivity index (χ4n) is 8.46. The number of nitrogens with zero attached hydrogens (tertiary/aromatic N) is 2. The van der Waals surface area contributed by atoms with Gasteiger partial charge in [0.15, 0.2) is 0 Å². The molecule has 0 atom stereocenters. The summed E-state index contributed by atoms with van der Waals surface area (Å²) in [6.07, 6.45) is 0. The monoisotopic (exact) mass is 728 g/mol. The first kappa shape index (κ1) is 32.8.